The monoisotopic (exact) mass is 288 g/mol. The average molecular weight is 288 g/mol. The maximum absolute atomic E-state index is 12.0. The minimum Gasteiger partial charge on any atom is -0.406 e. The zero-order chi connectivity index (χ0) is 14.6. The first-order valence-electron chi connectivity index (χ1n) is 6.41. The molecule has 0 aliphatic carbocycles. The average Bonchev–Trinajstić information content (AvgIpc) is 2.39. The fraction of sp³-hybridized carbons (Fsp3) is 0.500. The van der Waals surface area contributed by atoms with Crippen LogP contribution in [0.2, 0.25) is 0 Å². The minimum atomic E-state index is -4.71. The second-order valence-electron chi connectivity index (χ2n) is 4.76. The lowest BCUT2D eigenvalue weighted by Crippen LogP contribution is -2.19. The standard InChI is InChI=1S/C14H15F3O3/c15-14(16,17)20-12-3-1-11(2-4-12)13(18)9-10-5-7-19-8-6-10/h1-4,10H,5-9H2. The number of benzene rings is 1. The van der Waals surface area contributed by atoms with Crippen LogP contribution in [0.5, 0.6) is 5.75 Å². The summed E-state index contributed by atoms with van der Waals surface area (Å²) < 4.78 is 45.0. The van der Waals surface area contributed by atoms with Gasteiger partial charge in [-0.2, -0.15) is 0 Å². The van der Waals surface area contributed by atoms with Gasteiger partial charge in [0, 0.05) is 25.2 Å². The molecule has 1 aromatic carbocycles. The third kappa shape index (κ3) is 4.52. The lowest BCUT2D eigenvalue weighted by Gasteiger charge is -2.21. The molecule has 1 fully saturated rings. The fourth-order valence-corrected chi connectivity index (χ4v) is 2.17. The summed E-state index contributed by atoms with van der Waals surface area (Å²) >= 11 is 0. The van der Waals surface area contributed by atoms with Gasteiger partial charge in [0.2, 0.25) is 0 Å². The van der Waals surface area contributed by atoms with Crippen molar-refractivity contribution in [1.29, 1.82) is 0 Å². The van der Waals surface area contributed by atoms with Crippen LogP contribution in [0.3, 0.4) is 0 Å². The quantitative estimate of drug-likeness (QED) is 0.794. The van der Waals surface area contributed by atoms with Gasteiger partial charge in [-0.3, -0.25) is 4.79 Å². The van der Waals surface area contributed by atoms with E-state index in [0.29, 0.717) is 31.1 Å². The van der Waals surface area contributed by atoms with Crippen LogP contribution < -0.4 is 4.74 Å². The van der Waals surface area contributed by atoms with Crippen LogP contribution in [-0.4, -0.2) is 25.4 Å². The minimum absolute atomic E-state index is 0.0598. The van der Waals surface area contributed by atoms with Gasteiger partial charge in [-0.15, -0.1) is 13.2 Å². The molecular formula is C14H15F3O3. The van der Waals surface area contributed by atoms with Crippen LogP contribution in [0.1, 0.15) is 29.6 Å². The molecule has 20 heavy (non-hydrogen) atoms. The molecular weight excluding hydrogens is 273 g/mol. The summed E-state index contributed by atoms with van der Waals surface area (Å²) in [7, 11) is 0. The van der Waals surface area contributed by atoms with E-state index in [2.05, 4.69) is 4.74 Å². The Balaban J connectivity index is 1.93. The maximum Gasteiger partial charge on any atom is 0.573 e. The molecule has 2 rings (SSSR count). The summed E-state index contributed by atoms with van der Waals surface area (Å²) in [6.45, 7) is 1.33. The largest absolute Gasteiger partial charge is 0.573 e. The van der Waals surface area contributed by atoms with Crippen LogP contribution in [0.15, 0.2) is 24.3 Å². The molecule has 1 saturated heterocycles. The number of carbonyl (C=O) groups is 1. The summed E-state index contributed by atoms with van der Waals surface area (Å²) in [6.07, 6.45) is -2.61. The predicted octanol–water partition coefficient (Wildman–Crippen LogP) is 3.58. The lowest BCUT2D eigenvalue weighted by molar-refractivity contribution is -0.274. The SMILES string of the molecule is O=C(CC1CCOCC1)c1ccc(OC(F)(F)F)cc1. The molecule has 1 heterocycles. The first kappa shape index (κ1) is 14.8. The normalized spacial score (nSPS) is 16.9. The number of alkyl halides is 3. The zero-order valence-corrected chi connectivity index (χ0v) is 10.8. The summed E-state index contributed by atoms with van der Waals surface area (Å²) in [5, 5.41) is 0. The van der Waals surface area contributed by atoms with E-state index < -0.39 is 6.36 Å². The molecule has 0 amide bonds. The Labute approximate surface area is 114 Å². The molecule has 1 aliphatic heterocycles. The Kier molecular flexibility index (Phi) is 4.65. The molecule has 1 aliphatic rings. The summed E-state index contributed by atoms with van der Waals surface area (Å²) in [6, 6.07) is 5.04. The van der Waals surface area contributed by atoms with Gasteiger partial charge in [0.25, 0.3) is 0 Å². The van der Waals surface area contributed by atoms with E-state index in [1.165, 1.54) is 12.1 Å². The Bertz CT molecular complexity index is 448. The van der Waals surface area contributed by atoms with Crippen LogP contribution >= 0.6 is 0 Å². The number of rotatable bonds is 4. The molecule has 0 bridgehead atoms. The second-order valence-corrected chi connectivity index (χ2v) is 4.76. The molecule has 0 atom stereocenters. The van der Waals surface area contributed by atoms with Gasteiger partial charge >= 0.3 is 6.36 Å². The predicted molar refractivity (Wildman–Crippen MR) is 65.6 cm³/mol. The molecule has 0 unspecified atom stereocenters. The number of ketones is 1. The molecule has 0 saturated carbocycles. The van der Waals surface area contributed by atoms with Crippen molar-refractivity contribution in [2.24, 2.45) is 5.92 Å². The van der Waals surface area contributed by atoms with Crippen molar-refractivity contribution < 1.29 is 27.4 Å². The summed E-state index contributed by atoms with van der Waals surface area (Å²) in [5.74, 6) is -0.0853. The van der Waals surface area contributed by atoms with Gasteiger partial charge < -0.3 is 9.47 Å². The second kappa shape index (κ2) is 6.26. The highest BCUT2D eigenvalue weighted by Gasteiger charge is 2.31. The van der Waals surface area contributed by atoms with Crippen molar-refractivity contribution in [2.75, 3.05) is 13.2 Å². The van der Waals surface area contributed by atoms with E-state index in [9.17, 15) is 18.0 Å². The van der Waals surface area contributed by atoms with Crippen LogP contribution in [0, 0.1) is 5.92 Å². The highest BCUT2D eigenvalue weighted by atomic mass is 19.4. The van der Waals surface area contributed by atoms with Gasteiger partial charge in [-0.05, 0) is 43.0 Å². The van der Waals surface area contributed by atoms with E-state index in [0.717, 1.165) is 25.0 Å². The molecule has 110 valence electrons. The van der Waals surface area contributed by atoms with Crippen molar-refractivity contribution in [1.82, 2.24) is 0 Å². The Morgan fingerprint density at radius 2 is 1.80 bits per heavy atom. The van der Waals surface area contributed by atoms with Gasteiger partial charge in [0.05, 0.1) is 0 Å². The molecule has 0 aromatic heterocycles. The number of carbonyl (C=O) groups excluding carboxylic acids is 1. The van der Waals surface area contributed by atoms with Crippen LogP contribution in [0.25, 0.3) is 0 Å². The van der Waals surface area contributed by atoms with Crippen molar-refractivity contribution >= 4 is 5.78 Å². The third-order valence-electron chi connectivity index (χ3n) is 3.22. The Hall–Kier alpha value is -1.56. The van der Waals surface area contributed by atoms with E-state index in [4.69, 9.17) is 4.74 Å². The van der Waals surface area contributed by atoms with Crippen molar-refractivity contribution in [3.05, 3.63) is 29.8 Å². The number of halogens is 3. The van der Waals surface area contributed by atoms with E-state index in [1.54, 1.807) is 0 Å². The molecule has 6 heteroatoms. The zero-order valence-electron chi connectivity index (χ0n) is 10.8. The summed E-state index contributed by atoms with van der Waals surface area (Å²) in [5.41, 5.74) is 0.408. The highest BCUT2D eigenvalue weighted by molar-refractivity contribution is 5.96. The number of hydrogen-bond donors (Lipinski definition) is 0. The lowest BCUT2D eigenvalue weighted by atomic mass is 9.92. The number of hydrogen-bond acceptors (Lipinski definition) is 3. The van der Waals surface area contributed by atoms with Crippen molar-refractivity contribution in [3.8, 4) is 5.75 Å². The van der Waals surface area contributed by atoms with Gasteiger partial charge in [-0.25, -0.2) is 0 Å². The third-order valence-corrected chi connectivity index (χ3v) is 3.22. The summed E-state index contributed by atoms with van der Waals surface area (Å²) in [4.78, 5) is 12.0. The van der Waals surface area contributed by atoms with Gasteiger partial charge in [0.1, 0.15) is 5.75 Å². The number of Topliss-reactive ketones (excluding diaryl/α,β-unsaturated/α-hetero) is 1. The van der Waals surface area contributed by atoms with E-state index >= 15 is 0 Å². The van der Waals surface area contributed by atoms with Crippen molar-refractivity contribution in [2.45, 2.75) is 25.6 Å². The van der Waals surface area contributed by atoms with Gasteiger partial charge in [0.15, 0.2) is 5.78 Å². The molecule has 0 N–H and O–H groups in total. The first-order chi connectivity index (χ1) is 9.44. The highest BCUT2D eigenvalue weighted by Crippen LogP contribution is 2.24. The molecule has 0 radical (unpaired) electrons. The van der Waals surface area contributed by atoms with Crippen molar-refractivity contribution in [3.63, 3.8) is 0 Å². The maximum atomic E-state index is 12.0. The van der Waals surface area contributed by atoms with E-state index in [1.807, 2.05) is 0 Å². The molecule has 0 spiro atoms. The molecule has 1 aromatic rings. The first-order valence-corrected chi connectivity index (χ1v) is 6.41. The Morgan fingerprint density at radius 3 is 2.35 bits per heavy atom. The van der Waals surface area contributed by atoms with Crippen LogP contribution in [-0.2, 0) is 4.74 Å². The van der Waals surface area contributed by atoms with Crippen LogP contribution in [0.4, 0.5) is 13.2 Å². The van der Waals surface area contributed by atoms with Gasteiger partial charge in [-0.1, -0.05) is 0 Å². The molecule has 3 nitrogen and oxygen atoms in total. The fourth-order valence-electron chi connectivity index (χ4n) is 2.17. The smallest absolute Gasteiger partial charge is 0.406 e. The van der Waals surface area contributed by atoms with E-state index in [-0.39, 0.29) is 11.5 Å². The number of ether oxygens (including phenoxy) is 2. The Morgan fingerprint density at radius 1 is 1.20 bits per heavy atom. The topological polar surface area (TPSA) is 35.5 Å².